The molecule has 2 heterocycles. The summed E-state index contributed by atoms with van der Waals surface area (Å²) < 4.78 is 0.695. The van der Waals surface area contributed by atoms with Crippen LogP contribution in [0, 0.1) is 5.92 Å². The Hall–Kier alpha value is -0.940. The zero-order chi connectivity index (χ0) is 13.2. The quantitative estimate of drug-likeness (QED) is 0.863. The molecule has 2 aliphatic rings. The first kappa shape index (κ1) is 13.1. The molecule has 1 unspecified atom stereocenters. The van der Waals surface area contributed by atoms with Gasteiger partial charge in [-0.1, -0.05) is 6.07 Å². The summed E-state index contributed by atoms with van der Waals surface area (Å²) >= 11 is 3.28. The fourth-order valence-corrected chi connectivity index (χ4v) is 3.01. The summed E-state index contributed by atoms with van der Waals surface area (Å²) in [4.78, 5) is 18.7. The Balaban J connectivity index is 1.48. The van der Waals surface area contributed by atoms with Gasteiger partial charge >= 0.3 is 0 Å². The molecule has 1 atom stereocenters. The lowest BCUT2D eigenvalue weighted by molar-refractivity contribution is 0.0942. The number of nitrogens with one attached hydrogen (secondary N) is 1. The number of likely N-dealkylation sites (tertiary alicyclic amines) is 1. The van der Waals surface area contributed by atoms with Crippen LogP contribution in [0.2, 0.25) is 0 Å². The van der Waals surface area contributed by atoms with Crippen LogP contribution in [-0.4, -0.2) is 41.5 Å². The first-order valence-corrected chi connectivity index (χ1v) is 7.66. The van der Waals surface area contributed by atoms with Gasteiger partial charge in [0.25, 0.3) is 5.91 Å². The van der Waals surface area contributed by atoms with E-state index in [9.17, 15) is 4.79 Å². The highest BCUT2D eigenvalue weighted by atomic mass is 79.9. The topological polar surface area (TPSA) is 45.2 Å². The van der Waals surface area contributed by atoms with Gasteiger partial charge in [0.05, 0.1) is 0 Å². The molecule has 0 spiro atoms. The van der Waals surface area contributed by atoms with Crippen molar-refractivity contribution >= 4 is 21.8 Å². The number of nitrogens with zero attached hydrogens (tertiary/aromatic N) is 2. The van der Waals surface area contributed by atoms with E-state index in [4.69, 9.17) is 0 Å². The van der Waals surface area contributed by atoms with Gasteiger partial charge < -0.3 is 10.2 Å². The van der Waals surface area contributed by atoms with Crippen molar-refractivity contribution in [1.29, 1.82) is 0 Å². The molecule has 1 aliphatic heterocycles. The van der Waals surface area contributed by atoms with E-state index in [2.05, 4.69) is 31.1 Å². The molecule has 1 aliphatic carbocycles. The Morgan fingerprint density at radius 3 is 3.00 bits per heavy atom. The second-order valence-electron chi connectivity index (χ2n) is 5.44. The number of hydrogen-bond donors (Lipinski definition) is 1. The molecule has 19 heavy (non-hydrogen) atoms. The minimum Gasteiger partial charge on any atom is -0.350 e. The third-order valence-corrected chi connectivity index (χ3v) is 4.32. The maximum absolute atomic E-state index is 12.0. The van der Waals surface area contributed by atoms with Crippen LogP contribution in [0.4, 0.5) is 0 Å². The van der Waals surface area contributed by atoms with Crippen molar-refractivity contribution in [3.05, 3.63) is 28.5 Å². The first-order valence-electron chi connectivity index (χ1n) is 6.87. The van der Waals surface area contributed by atoms with Gasteiger partial charge in [0.15, 0.2) is 0 Å². The zero-order valence-corrected chi connectivity index (χ0v) is 12.4. The third-order valence-electron chi connectivity index (χ3n) is 3.88. The number of hydrogen-bond acceptors (Lipinski definition) is 3. The van der Waals surface area contributed by atoms with E-state index in [1.54, 1.807) is 6.07 Å². The van der Waals surface area contributed by atoms with Crippen LogP contribution in [0.25, 0.3) is 0 Å². The molecular weight excluding hydrogens is 306 g/mol. The van der Waals surface area contributed by atoms with Crippen LogP contribution in [0.5, 0.6) is 0 Å². The Morgan fingerprint density at radius 1 is 1.42 bits per heavy atom. The number of halogens is 1. The van der Waals surface area contributed by atoms with Gasteiger partial charge in [-0.15, -0.1) is 0 Å². The highest BCUT2D eigenvalue weighted by molar-refractivity contribution is 9.10. The minimum atomic E-state index is -0.0776. The number of carbonyl (C=O) groups is 1. The smallest absolute Gasteiger partial charge is 0.269 e. The molecule has 1 saturated heterocycles. The monoisotopic (exact) mass is 323 g/mol. The maximum atomic E-state index is 12.0. The number of rotatable bonds is 4. The molecule has 1 saturated carbocycles. The average molecular weight is 324 g/mol. The van der Waals surface area contributed by atoms with E-state index in [0.29, 0.717) is 16.2 Å². The molecule has 102 valence electrons. The second-order valence-corrected chi connectivity index (χ2v) is 6.25. The molecule has 0 bridgehead atoms. The number of carbonyl (C=O) groups excluding carboxylic acids is 1. The fraction of sp³-hybridized carbons (Fsp3) is 0.571. The summed E-state index contributed by atoms with van der Waals surface area (Å²) in [6.07, 6.45) is 3.92. The SMILES string of the molecule is O=C(NCC1CCN(C2CC2)C1)c1cccc(Br)n1. The van der Waals surface area contributed by atoms with Gasteiger partial charge in [0, 0.05) is 19.1 Å². The van der Waals surface area contributed by atoms with Crippen molar-refractivity contribution in [3.63, 3.8) is 0 Å². The molecule has 1 N–H and O–H groups in total. The van der Waals surface area contributed by atoms with Gasteiger partial charge in [-0.2, -0.15) is 0 Å². The molecule has 1 aromatic heterocycles. The predicted molar refractivity (Wildman–Crippen MR) is 77.0 cm³/mol. The largest absolute Gasteiger partial charge is 0.350 e. The molecule has 5 heteroatoms. The zero-order valence-electron chi connectivity index (χ0n) is 10.8. The summed E-state index contributed by atoms with van der Waals surface area (Å²) in [7, 11) is 0. The number of aromatic nitrogens is 1. The summed E-state index contributed by atoms with van der Waals surface area (Å²) in [5, 5.41) is 3.00. The van der Waals surface area contributed by atoms with Crippen LogP contribution in [-0.2, 0) is 0 Å². The maximum Gasteiger partial charge on any atom is 0.269 e. The Morgan fingerprint density at radius 2 is 2.26 bits per heavy atom. The minimum absolute atomic E-state index is 0.0776. The van der Waals surface area contributed by atoms with E-state index in [-0.39, 0.29) is 5.91 Å². The molecular formula is C14H18BrN3O. The van der Waals surface area contributed by atoms with Crippen LogP contribution in [0.15, 0.2) is 22.8 Å². The lowest BCUT2D eigenvalue weighted by atomic mass is 10.1. The molecule has 0 radical (unpaired) electrons. The van der Waals surface area contributed by atoms with Crippen molar-refractivity contribution in [1.82, 2.24) is 15.2 Å². The van der Waals surface area contributed by atoms with Gasteiger partial charge in [0.2, 0.25) is 0 Å². The molecule has 2 fully saturated rings. The summed E-state index contributed by atoms with van der Waals surface area (Å²) in [5.41, 5.74) is 0.478. The Labute approximate surface area is 121 Å². The number of pyridine rings is 1. The van der Waals surface area contributed by atoms with Crippen molar-refractivity contribution in [2.45, 2.75) is 25.3 Å². The van der Waals surface area contributed by atoms with Crippen molar-refractivity contribution in [3.8, 4) is 0 Å². The van der Waals surface area contributed by atoms with Gasteiger partial charge in [0.1, 0.15) is 10.3 Å². The third kappa shape index (κ3) is 3.34. The lowest BCUT2D eigenvalue weighted by Crippen LogP contribution is -2.31. The van der Waals surface area contributed by atoms with Crippen LogP contribution in [0.3, 0.4) is 0 Å². The highest BCUT2D eigenvalue weighted by Gasteiger charge is 2.34. The number of amides is 1. The summed E-state index contributed by atoms with van der Waals surface area (Å²) in [5.74, 6) is 0.517. The van der Waals surface area contributed by atoms with Crippen molar-refractivity contribution in [2.24, 2.45) is 5.92 Å². The summed E-state index contributed by atoms with van der Waals surface area (Å²) in [6, 6.07) is 6.23. The van der Waals surface area contributed by atoms with Crippen molar-refractivity contribution in [2.75, 3.05) is 19.6 Å². The molecule has 3 rings (SSSR count). The van der Waals surface area contributed by atoms with Crippen LogP contribution < -0.4 is 5.32 Å². The van der Waals surface area contributed by atoms with E-state index in [1.807, 2.05) is 12.1 Å². The standard InChI is InChI=1S/C14H18BrN3O/c15-13-3-1-2-12(17-13)14(19)16-8-10-6-7-18(9-10)11-4-5-11/h1-3,10-11H,4-9H2,(H,16,19). The van der Waals surface area contributed by atoms with Gasteiger partial charge in [-0.25, -0.2) is 4.98 Å². The molecule has 1 amide bonds. The van der Waals surface area contributed by atoms with Gasteiger partial charge in [-0.05, 0) is 59.8 Å². The summed E-state index contributed by atoms with van der Waals surface area (Å²) in [6.45, 7) is 3.09. The normalized spacial score (nSPS) is 23.5. The van der Waals surface area contributed by atoms with E-state index >= 15 is 0 Å². The van der Waals surface area contributed by atoms with E-state index in [1.165, 1.54) is 25.8 Å². The Kier molecular flexibility index (Phi) is 3.84. The van der Waals surface area contributed by atoms with E-state index < -0.39 is 0 Å². The van der Waals surface area contributed by atoms with Crippen LogP contribution in [0.1, 0.15) is 29.8 Å². The highest BCUT2D eigenvalue weighted by Crippen LogP contribution is 2.31. The predicted octanol–water partition coefficient (Wildman–Crippen LogP) is 2.06. The molecule has 1 aromatic rings. The van der Waals surface area contributed by atoms with Crippen LogP contribution >= 0.6 is 15.9 Å². The van der Waals surface area contributed by atoms with E-state index in [0.717, 1.165) is 19.1 Å². The first-order chi connectivity index (χ1) is 9.22. The molecule has 0 aromatic carbocycles. The molecule has 4 nitrogen and oxygen atoms in total. The fourth-order valence-electron chi connectivity index (χ4n) is 2.66. The lowest BCUT2D eigenvalue weighted by Gasteiger charge is -2.15. The average Bonchev–Trinajstić information content (AvgIpc) is 3.15. The van der Waals surface area contributed by atoms with Gasteiger partial charge in [-0.3, -0.25) is 4.79 Å². The second kappa shape index (κ2) is 5.59. The van der Waals surface area contributed by atoms with Crippen molar-refractivity contribution < 1.29 is 4.79 Å². The Bertz CT molecular complexity index is 476.